The van der Waals surface area contributed by atoms with Crippen molar-refractivity contribution >= 4 is 11.6 Å². The molecular formula is C18H23N3O2. The number of aromatic nitrogens is 2. The fourth-order valence-corrected chi connectivity index (χ4v) is 2.27. The summed E-state index contributed by atoms with van der Waals surface area (Å²) in [6, 6.07) is 10.7. The molecule has 2 rings (SSSR count). The van der Waals surface area contributed by atoms with E-state index >= 15 is 0 Å². The lowest BCUT2D eigenvalue weighted by Gasteiger charge is -2.11. The summed E-state index contributed by atoms with van der Waals surface area (Å²) in [6.07, 6.45) is 1.86. The third-order valence-electron chi connectivity index (χ3n) is 3.88. The van der Waals surface area contributed by atoms with Crippen molar-refractivity contribution < 1.29 is 4.79 Å². The van der Waals surface area contributed by atoms with Crippen LogP contribution in [0.2, 0.25) is 0 Å². The van der Waals surface area contributed by atoms with Crippen molar-refractivity contribution in [2.75, 3.05) is 5.32 Å². The van der Waals surface area contributed by atoms with Crippen LogP contribution in [0.4, 0.5) is 5.69 Å². The number of rotatable bonds is 6. The molecule has 0 aliphatic heterocycles. The average molecular weight is 313 g/mol. The first-order chi connectivity index (χ1) is 11.0. The highest BCUT2D eigenvalue weighted by molar-refractivity contribution is 6.02. The van der Waals surface area contributed by atoms with Gasteiger partial charge < -0.3 is 5.32 Å². The van der Waals surface area contributed by atoms with Gasteiger partial charge in [0.15, 0.2) is 0 Å². The summed E-state index contributed by atoms with van der Waals surface area (Å²) in [5, 5.41) is 6.92. The summed E-state index contributed by atoms with van der Waals surface area (Å²) in [5.41, 5.74) is 2.02. The summed E-state index contributed by atoms with van der Waals surface area (Å²) in [5.74, 6) is 0.185. The first-order valence-electron chi connectivity index (χ1n) is 8.04. The van der Waals surface area contributed by atoms with E-state index in [1.54, 1.807) is 0 Å². The minimum atomic E-state index is -0.314. The van der Waals surface area contributed by atoms with Crippen molar-refractivity contribution in [3.63, 3.8) is 0 Å². The summed E-state index contributed by atoms with van der Waals surface area (Å²) >= 11 is 0. The molecule has 0 saturated carbocycles. The maximum absolute atomic E-state index is 12.3. The van der Waals surface area contributed by atoms with Gasteiger partial charge in [0.05, 0.1) is 0 Å². The van der Waals surface area contributed by atoms with Gasteiger partial charge in [0, 0.05) is 18.3 Å². The number of nitrogens with zero attached hydrogens (tertiary/aromatic N) is 2. The maximum atomic E-state index is 12.3. The number of carbonyl (C=O) groups is 1. The van der Waals surface area contributed by atoms with Gasteiger partial charge in [-0.1, -0.05) is 32.9 Å². The Morgan fingerprint density at radius 2 is 1.87 bits per heavy atom. The van der Waals surface area contributed by atoms with Crippen LogP contribution in [0.5, 0.6) is 0 Å². The van der Waals surface area contributed by atoms with Crippen molar-refractivity contribution in [2.45, 2.75) is 46.1 Å². The minimum absolute atomic E-state index is 0.193. The van der Waals surface area contributed by atoms with Gasteiger partial charge in [-0.15, -0.1) is 0 Å². The number of hydrogen-bond acceptors (Lipinski definition) is 3. The third-order valence-corrected chi connectivity index (χ3v) is 3.88. The van der Waals surface area contributed by atoms with Crippen LogP contribution >= 0.6 is 0 Å². The molecule has 5 heteroatoms. The Kier molecular flexibility index (Phi) is 5.68. The Morgan fingerprint density at radius 1 is 1.17 bits per heavy atom. The van der Waals surface area contributed by atoms with E-state index in [1.807, 2.05) is 31.2 Å². The van der Waals surface area contributed by atoms with E-state index in [-0.39, 0.29) is 17.2 Å². The predicted molar refractivity (Wildman–Crippen MR) is 91.9 cm³/mol. The molecule has 1 N–H and O–H groups in total. The van der Waals surface area contributed by atoms with Crippen LogP contribution in [-0.4, -0.2) is 15.7 Å². The largest absolute Gasteiger partial charge is 0.321 e. The molecule has 0 fully saturated rings. The van der Waals surface area contributed by atoms with E-state index in [9.17, 15) is 9.59 Å². The van der Waals surface area contributed by atoms with Crippen LogP contribution in [0.1, 0.15) is 55.6 Å². The molecule has 1 aromatic heterocycles. The Labute approximate surface area is 136 Å². The molecule has 2 aromatic rings. The molecule has 1 heterocycles. The first-order valence-corrected chi connectivity index (χ1v) is 8.04. The molecule has 1 aromatic carbocycles. The average Bonchev–Trinajstić information content (AvgIpc) is 2.57. The van der Waals surface area contributed by atoms with Gasteiger partial charge in [-0.05, 0) is 42.5 Å². The van der Waals surface area contributed by atoms with E-state index in [0.29, 0.717) is 12.5 Å². The predicted octanol–water partition coefficient (Wildman–Crippen LogP) is 3.42. The van der Waals surface area contributed by atoms with Crippen LogP contribution in [0.25, 0.3) is 0 Å². The lowest BCUT2D eigenvalue weighted by atomic mass is 9.99. The van der Waals surface area contributed by atoms with Gasteiger partial charge in [-0.25, -0.2) is 4.68 Å². The zero-order valence-electron chi connectivity index (χ0n) is 13.9. The SMILES string of the molecule is CCCn1nc(C(=O)Nc2ccc([C@H](C)CC)cc2)ccc1=O. The summed E-state index contributed by atoms with van der Waals surface area (Å²) in [7, 11) is 0. The van der Waals surface area contributed by atoms with Crippen molar-refractivity contribution in [3.05, 3.63) is 58.0 Å². The lowest BCUT2D eigenvalue weighted by Crippen LogP contribution is -2.26. The lowest BCUT2D eigenvalue weighted by molar-refractivity contribution is 0.102. The number of hydrogen-bond donors (Lipinski definition) is 1. The monoisotopic (exact) mass is 313 g/mol. The molecule has 0 aliphatic rings. The van der Waals surface area contributed by atoms with Gasteiger partial charge in [-0.3, -0.25) is 9.59 Å². The number of carbonyl (C=O) groups excluding carboxylic acids is 1. The summed E-state index contributed by atoms with van der Waals surface area (Å²) < 4.78 is 1.32. The quantitative estimate of drug-likeness (QED) is 0.888. The number of nitrogens with one attached hydrogen (secondary N) is 1. The molecular weight excluding hydrogens is 290 g/mol. The van der Waals surface area contributed by atoms with Crippen LogP contribution in [0.15, 0.2) is 41.2 Å². The highest BCUT2D eigenvalue weighted by Gasteiger charge is 2.10. The second-order valence-corrected chi connectivity index (χ2v) is 5.67. The molecule has 5 nitrogen and oxygen atoms in total. The van der Waals surface area contributed by atoms with Crippen LogP contribution in [-0.2, 0) is 6.54 Å². The highest BCUT2D eigenvalue weighted by Crippen LogP contribution is 2.20. The molecule has 0 radical (unpaired) electrons. The van der Waals surface area contributed by atoms with Crippen LogP contribution < -0.4 is 10.9 Å². The molecule has 0 spiro atoms. The summed E-state index contributed by atoms with van der Waals surface area (Å²) in [4.78, 5) is 23.9. The molecule has 0 unspecified atom stereocenters. The highest BCUT2D eigenvalue weighted by atomic mass is 16.2. The Bertz CT molecular complexity index is 720. The molecule has 0 bridgehead atoms. The van der Waals surface area contributed by atoms with Crippen LogP contribution in [0.3, 0.4) is 0 Å². The van der Waals surface area contributed by atoms with E-state index in [4.69, 9.17) is 0 Å². The minimum Gasteiger partial charge on any atom is -0.321 e. The summed E-state index contributed by atoms with van der Waals surface area (Å²) in [6.45, 7) is 6.79. The topological polar surface area (TPSA) is 64.0 Å². The maximum Gasteiger partial charge on any atom is 0.276 e. The molecule has 122 valence electrons. The Balaban J connectivity index is 2.12. The fourth-order valence-electron chi connectivity index (χ4n) is 2.27. The number of aryl methyl sites for hydroxylation is 1. The van der Waals surface area contributed by atoms with Gasteiger partial charge in [0.2, 0.25) is 0 Å². The molecule has 1 atom stereocenters. The normalized spacial score (nSPS) is 12.0. The van der Waals surface area contributed by atoms with Gasteiger partial charge >= 0.3 is 0 Å². The number of amides is 1. The molecule has 23 heavy (non-hydrogen) atoms. The second kappa shape index (κ2) is 7.72. The zero-order chi connectivity index (χ0) is 16.8. The molecule has 1 amide bonds. The van der Waals surface area contributed by atoms with Crippen molar-refractivity contribution in [1.82, 2.24) is 9.78 Å². The number of anilines is 1. The van der Waals surface area contributed by atoms with E-state index in [0.717, 1.165) is 18.5 Å². The Hall–Kier alpha value is -2.43. The van der Waals surface area contributed by atoms with Crippen LogP contribution in [0, 0.1) is 0 Å². The Morgan fingerprint density at radius 3 is 2.48 bits per heavy atom. The zero-order valence-corrected chi connectivity index (χ0v) is 13.9. The fraction of sp³-hybridized carbons (Fsp3) is 0.389. The second-order valence-electron chi connectivity index (χ2n) is 5.67. The van der Waals surface area contributed by atoms with Crippen molar-refractivity contribution in [3.8, 4) is 0 Å². The molecule has 0 saturated heterocycles. The van der Waals surface area contributed by atoms with Crippen molar-refractivity contribution in [1.29, 1.82) is 0 Å². The standard InChI is InChI=1S/C18H23N3O2/c1-4-12-21-17(22)11-10-16(20-21)18(23)19-15-8-6-14(7-9-15)13(3)5-2/h6-11,13H,4-5,12H2,1-3H3,(H,19,23)/t13-/m1/s1. The van der Waals surface area contributed by atoms with E-state index in [1.165, 1.54) is 22.4 Å². The number of benzene rings is 1. The van der Waals surface area contributed by atoms with E-state index in [2.05, 4.69) is 24.3 Å². The first kappa shape index (κ1) is 16.9. The van der Waals surface area contributed by atoms with Gasteiger partial charge in [0.1, 0.15) is 5.69 Å². The van der Waals surface area contributed by atoms with Crippen molar-refractivity contribution in [2.24, 2.45) is 0 Å². The van der Waals surface area contributed by atoms with Gasteiger partial charge in [0.25, 0.3) is 11.5 Å². The van der Waals surface area contributed by atoms with Gasteiger partial charge in [-0.2, -0.15) is 5.10 Å². The smallest absolute Gasteiger partial charge is 0.276 e. The van der Waals surface area contributed by atoms with E-state index < -0.39 is 0 Å². The third kappa shape index (κ3) is 4.28. The molecule has 0 aliphatic carbocycles.